The Labute approximate surface area is 174 Å². The summed E-state index contributed by atoms with van der Waals surface area (Å²) in [5.74, 6) is 2.22. The van der Waals surface area contributed by atoms with Crippen LogP contribution in [0.15, 0.2) is 23.2 Å². The first-order chi connectivity index (χ1) is 12.3. The molecular formula is C19H33IN4O2. The lowest BCUT2D eigenvalue weighted by Crippen LogP contribution is -2.32. The van der Waals surface area contributed by atoms with Crippen LogP contribution in [0.4, 0.5) is 5.69 Å². The minimum Gasteiger partial charge on any atom is -0.493 e. The molecule has 7 heteroatoms. The standard InChI is InChI=1S/C19H32N4O2.HI/c1-4-20-19(21-11-14-23-12-7-5-6-8-13-23)22-16-9-10-17(24-2)18(15-16)25-3;/h9-10,15H,4-8,11-14H2,1-3H3,(H2,20,21,22);1H. The lowest BCUT2D eigenvalue weighted by Gasteiger charge is -2.19. The van der Waals surface area contributed by atoms with Crippen LogP contribution in [0.3, 0.4) is 0 Å². The fraction of sp³-hybridized carbons (Fsp3) is 0.632. The van der Waals surface area contributed by atoms with Crippen molar-refractivity contribution in [1.82, 2.24) is 10.2 Å². The zero-order valence-corrected chi connectivity index (χ0v) is 18.5. The van der Waals surface area contributed by atoms with E-state index in [4.69, 9.17) is 14.5 Å². The average Bonchev–Trinajstić information content (AvgIpc) is 2.90. The number of rotatable bonds is 7. The predicted molar refractivity (Wildman–Crippen MR) is 119 cm³/mol. The van der Waals surface area contributed by atoms with E-state index in [1.165, 1.54) is 38.8 Å². The number of methoxy groups -OCH3 is 2. The van der Waals surface area contributed by atoms with Crippen LogP contribution >= 0.6 is 24.0 Å². The molecule has 1 aromatic carbocycles. The summed E-state index contributed by atoms with van der Waals surface area (Å²) in [4.78, 5) is 7.24. The van der Waals surface area contributed by atoms with Crippen molar-refractivity contribution in [2.24, 2.45) is 4.99 Å². The van der Waals surface area contributed by atoms with Gasteiger partial charge in [0.25, 0.3) is 0 Å². The number of hydrogen-bond acceptors (Lipinski definition) is 4. The third kappa shape index (κ3) is 7.57. The molecule has 0 unspecified atom stereocenters. The van der Waals surface area contributed by atoms with E-state index in [2.05, 4.69) is 22.5 Å². The van der Waals surface area contributed by atoms with Crippen molar-refractivity contribution >= 4 is 35.6 Å². The normalized spacial score (nSPS) is 15.6. The van der Waals surface area contributed by atoms with Crippen molar-refractivity contribution in [2.45, 2.75) is 32.6 Å². The van der Waals surface area contributed by atoms with E-state index in [1.807, 2.05) is 18.2 Å². The van der Waals surface area contributed by atoms with Crippen LogP contribution in [-0.2, 0) is 0 Å². The number of guanidine groups is 1. The van der Waals surface area contributed by atoms with Crippen LogP contribution in [0.2, 0.25) is 0 Å². The number of ether oxygens (including phenoxy) is 2. The van der Waals surface area contributed by atoms with Crippen molar-refractivity contribution < 1.29 is 9.47 Å². The number of aliphatic imine (C=N–C) groups is 1. The molecule has 1 fully saturated rings. The Morgan fingerprint density at radius 1 is 1.08 bits per heavy atom. The van der Waals surface area contributed by atoms with E-state index < -0.39 is 0 Å². The lowest BCUT2D eigenvalue weighted by molar-refractivity contribution is 0.293. The number of benzene rings is 1. The summed E-state index contributed by atoms with van der Waals surface area (Å²) in [5.41, 5.74) is 0.923. The molecule has 0 aromatic heterocycles. The quantitative estimate of drug-likeness (QED) is 0.358. The first-order valence-electron chi connectivity index (χ1n) is 9.26. The van der Waals surface area contributed by atoms with Gasteiger partial charge < -0.3 is 25.0 Å². The molecule has 2 N–H and O–H groups in total. The second-order valence-electron chi connectivity index (χ2n) is 6.21. The van der Waals surface area contributed by atoms with Gasteiger partial charge in [0.1, 0.15) is 0 Å². The molecule has 6 nitrogen and oxygen atoms in total. The molecule has 0 amide bonds. The van der Waals surface area contributed by atoms with Crippen molar-refractivity contribution in [1.29, 1.82) is 0 Å². The Hall–Kier alpha value is -1.22. The van der Waals surface area contributed by atoms with Crippen LogP contribution in [-0.4, -0.2) is 57.8 Å². The maximum absolute atomic E-state index is 5.36. The Morgan fingerprint density at radius 2 is 1.77 bits per heavy atom. The molecule has 2 rings (SSSR count). The molecule has 0 saturated carbocycles. The molecule has 0 radical (unpaired) electrons. The number of likely N-dealkylation sites (tertiary alicyclic amines) is 1. The summed E-state index contributed by atoms with van der Waals surface area (Å²) in [7, 11) is 3.28. The van der Waals surface area contributed by atoms with Crippen LogP contribution in [0.1, 0.15) is 32.6 Å². The van der Waals surface area contributed by atoms with Gasteiger partial charge in [-0.1, -0.05) is 12.8 Å². The van der Waals surface area contributed by atoms with E-state index in [0.717, 1.165) is 37.0 Å². The fourth-order valence-corrected chi connectivity index (χ4v) is 3.02. The minimum absolute atomic E-state index is 0. The van der Waals surface area contributed by atoms with Crippen molar-refractivity contribution in [3.05, 3.63) is 18.2 Å². The third-order valence-corrected chi connectivity index (χ3v) is 4.38. The first kappa shape index (κ1) is 22.8. The van der Waals surface area contributed by atoms with E-state index in [1.54, 1.807) is 14.2 Å². The molecular weight excluding hydrogens is 443 g/mol. The highest BCUT2D eigenvalue weighted by molar-refractivity contribution is 14.0. The average molecular weight is 476 g/mol. The molecule has 1 aliphatic rings. The Bertz CT molecular complexity index is 546. The molecule has 26 heavy (non-hydrogen) atoms. The van der Waals surface area contributed by atoms with Crippen molar-refractivity contribution in [2.75, 3.05) is 52.3 Å². The largest absolute Gasteiger partial charge is 0.493 e. The Balaban J connectivity index is 0.00000338. The highest BCUT2D eigenvalue weighted by Crippen LogP contribution is 2.29. The van der Waals surface area contributed by atoms with Gasteiger partial charge in [-0.25, -0.2) is 0 Å². The van der Waals surface area contributed by atoms with Crippen LogP contribution in [0.25, 0.3) is 0 Å². The van der Waals surface area contributed by atoms with Gasteiger partial charge in [0.2, 0.25) is 0 Å². The number of halogens is 1. The number of anilines is 1. The molecule has 1 saturated heterocycles. The summed E-state index contributed by atoms with van der Waals surface area (Å²) in [5, 5.41) is 6.64. The van der Waals surface area contributed by atoms with E-state index in [9.17, 15) is 0 Å². The highest BCUT2D eigenvalue weighted by Gasteiger charge is 2.09. The lowest BCUT2D eigenvalue weighted by atomic mass is 10.2. The van der Waals surface area contributed by atoms with Gasteiger partial charge in [0, 0.05) is 24.8 Å². The number of nitrogens with zero attached hydrogens (tertiary/aromatic N) is 2. The molecule has 0 atom stereocenters. The van der Waals surface area contributed by atoms with Gasteiger partial charge in [-0.2, -0.15) is 0 Å². The van der Waals surface area contributed by atoms with E-state index in [0.29, 0.717) is 5.75 Å². The van der Waals surface area contributed by atoms with Crippen LogP contribution < -0.4 is 20.1 Å². The maximum Gasteiger partial charge on any atom is 0.195 e. The fourth-order valence-electron chi connectivity index (χ4n) is 3.02. The summed E-state index contributed by atoms with van der Waals surface area (Å²) in [6.45, 7) is 7.11. The Kier molecular flexibility index (Phi) is 11.4. The minimum atomic E-state index is 0. The van der Waals surface area contributed by atoms with E-state index in [-0.39, 0.29) is 24.0 Å². The zero-order valence-electron chi connectivity index (χ0n) is 16.2. The summed E-state index contributed by atoms with van der Waals surface area (Å²) in [6.07, 6.45) is 5.36. The van der Waals surface area contributed by atoms with Gasteiger partial charge >= 0.3 is 0 Å². The van der Waals surface area contributed by atoms with Gasteiger partial charge in [-0.3, -0.25) is 4.99 Å². The van der Waals surface area contributed by atoms with Crippen molar-refractivity contribution in [3.8, 4) is 11.5 Å². The van der Waals surface area contributed by atoms with E-state index >= 15 is 0 Å². The van der Waals surface area contributed by atoms with Crippen LogP contribution in [0.5, 0.6) is 11.5 Å². The number of nitrogens with one attached hydrogen (secondary N) is 2. The first-order valence-corrected chi connectivity index (χ1v) is 9.26. The summed E-state index contributed by atoms with van der Waals surface area (Å²) < 4.78 is 10.6. The van der Waals surface area contributed by atoms with Crippen molar-refractivity contribution in [3.63, 3.8) is 0 Å². The molecule has 148 valence electrons. The molecule has 1 heterocycles. The number of hydrogen-bond donors (Lipinski definition) is 2. The molecule has 0 bridgehead atoms. The highest BCUT2D eigenvalue weighted by atomic mass is 127. The summed E-state index contributed by atoms with van der Waals surface area (Å²) in [6, 6.07) is 5.77. The maximum atomic E-state index is 5.36. The zero-order chi connectivity index (χ0) is 17.9. The van der Waals surface area contributed by atoms with Crippen LogP contribution in [0, 0.1) is 0 Å². The SMILES string of the molecule is CCNC(=NCCN1CCCCCC1)Nc1ccc(OC)c(OC)c1.I. The summed E-state index contributed by atoms with van der Waals surface area (Å²) >= 11 is 0. The second kappa shape index (κ2) is 13.0. The molecule has 1 aromatic rings. The van der Waals surface area contributed by atoms with Gasteiger partial charge in [-0.15, -0.1) is 24.0 Å². The molecule has 0 spiro atoms. The Morgan fingerprint density at radius 3 is 2.38 bits per heavy atom. The monoisotopic (exact) mass is 476 g/mol. The third-order valence-electron chi connectivity index (χ3n) is 4.38. The predicted octanol–water partition coefficient (Wildman–Crippen LogP) is 3.58. The smallest absolute Gasteiger partial charge is 0.195 e. The van der Waals surface area contributed by atoms with Gasteiger partial charge in [0.05, 0.1) is 20.8 Å². The second-order valence-corrected chi connectivity index (χ2v) is 6.21. The molecule has 1 aliphatic heterocycles. The van der Waals surface area contributed by atoms with Gasteiger partial charge in [-0.05, 0) is 45.0 Å². The molecule has 0 aliphatic carbocycles. The topological polar surface area (TPSA) is 58.1 Å². The van der Waals surface area contributed by atoms with Gasteiger partial charge in [0.15, 0.2) is 17.5 Å².